The first-order chi connectivity index (χ1) is 12.8. The van der Waals surface area contributed by atoms with Gasteiger partial charge in [-0.2, -0.15) is 5.10 Å². The first-order valence-electron chi connectivity index (χ1n) is 9.43. The fourth-order valence-corrected chi connectivity index (χ4v) is 3.80. The maximum Gasteiger partial charge on any atom is 0.222 e. The second kappa shape index (κ2) is 7.55. The molecule has 0 bridgehead atoms. The van der Waals surface area contributed by atoms with Crippen LogP contribution in [-0.4, -0.2) is 28.1 Å². The van der Waals surface area contributed by atoms with E-state index in [-0.39, 0.29) is 29.7 Å². The predicted molar refractivity (Wildman–Crippen MR) is 105 cm³/mol. The smallest absolute Gasteiger partial charge is 0.222 e. The number of carbonyl (C=O) groups is 2. The van der Waals surface area contributed by atoms with Gasteiger partial charge in [0, 0.05) is 25.5 Å². The highest BCUT2D eigenvalue weighted by Crippen LogP contribution is 2.41. The van der Waals surface area contributed by atoms with Gasteiger partial charge >= 0.3 is 0 Å². The second-order valence-electron chi connectivity index (χ2n) is 8.14. The van der Waals surface area contributed by atoms with E-state index in [1.165, 1.54) is 12.5 Å². The number of aryl methyl sites for hydroxylation is 1. The highest BCUT2D eigenvalue weighted by molar-refractivity contribution is 5.78. The third kappa shape index (κ3) is 4.38. The van der Waals surface area contributed by atoms with Crippen LogP contribution < -0.4 is 10.6 Å². The van der Waals surface area contributed by atoms with Crippen molar-refractivity contribution >= 4 is 11.8 Å². The van der Waals surface area contributed by atoms with Crippen LogP contribution in [0.25, 0.3) is 5.69 Å². The monoisotopic (exact) mass is 368 g/mol. The van der Waals surface area contributed by atoms with Crippen molar-refractivity contribution in [1.82, 2.24) is 20.4 Å². The average molecular weight is 368 g/mol. The van der Waals surface area contributed by atoms with Crippen molar-refractivity contribution in [2.75, 3.05) is 6.54 Å². The molecule has 1 atom stereocenters. The molecule has 1 aromatic heterocycles. The van der Waals surface area contributed by atoms with Crippen molar-refractivity contribution in [1.29, 1.82) is 0 Å². The minimum Gasteiger partial charge on any atom is -0.356 e. The number of benzene rings is 1. The minimum atomic E-state index is -0.122. The molecule has 0 spiro atoms. The van der Waals surface area contributed by atoms with Gasteiger partial charge in [-0.25, -0.2) is 4.68 Å². The van der Waals surface area contributed by atoms with E-state index in [0.29, 0.717) is 6.54 Å². The summed E-state index contributed by atoms with van der Waals surface area (Å²) in [5.41, 5.74) is 4.55. The summed E-state index contributed by atoms with van der Waals surface area (Å²) in [6.45, 7) is 8.34. The molecule has 0 aliphatic heterocycles. The van der Waals surface area contributed by atoms with Gasteiger partial charge in [0.05, 0.1) is 23.6 Å². The lowest BCUT2D eigenvalue weighted by Gasteiger charge is -2.36. The number of fused-ring (bicyclic) bond motifs is 1. The Kier molecular flexibility index (Phi) is 5.35. The topological polar surface area (TPSA) is 76.0 Å². The largest absolute Gasteiger partial charge is 0.356 e. The summed E-state index contributed by atoms with van der Waals surface area (Å²) in [4.78, 5) is 23.3. The summed E-state index contributed by atoms with van der Waals surface area (Å²) < 4.78 is 2.02. The van der Waals surface area contributed by atoms with Crippen LogP contribution >= 0.6 is 0 Å². The first-order valence-corrected chi connectivity index (χ1v) is 9.43. The summed E-state index contributed by atoms with van der Waals surface area (Å²) in [5.74, 6) is -0.176. The molecular weight excluding hydrogens is 340 g/mol. The Hall–Kier alpha value is -2.63. The Bertz CT molecular complexity index is 854. The van der Waals surface area contributed by atoms with Gasteiger partial charge in [-0.1, -0.05) is 32.0 Å². The highest BCUT2D eigenvalue weighted by Gasteiger charge is 2.36. The van der Waals surface area contributed by atoms with E-state index in [9.17, 15) is 9.59 Å². The van der Waals surface area contributed by atoms with Crippen molar-refractivity contribution in [2.24, 2.45) is 5.41 Å². The van der Waals surface area contributed by atoms with E-state index in [1.807, 2.05) is 23.0 Å². The molecule has 0 saturated carbocycles. The van der Waals surface area contributed by atoms with Gasteiger partial charge in [0.25, 0.3) is 0 Å². The quantitative estimate of drug-likeness (QED) is 0.852. The molecule has 0 saturated heterocycles. The Labute approximate surface area is 160 Å². The fraction of sp³-hybridized carbons (Fsp3) is 0.476. The van der Waals surface area contributed by atoms with Gasteiger partial charge in [-0.15, -0.1) is 0 Å². The third-order valence-electron chi connectivity index (χ3n) is 5.08. The number of nitrogens with zero attached hydrogens (tertiary/aromatic N) is 2. The molecule has 1 aliphatic carbocycles. The lowest BCUT2D eigenvalue weighted by atomic mass is 9.74. The molecule has 0 radical (unpaired) electrons. The van der Waals surface area contributed by atoms with E-state index in [4.69, 9.17) is 0 Å². The number of hydrogen-bond acceptors (Lipinski definition) is 3. The van der Waals surface area contributed by atoms with Crippen molar-refractivity contribution in [3.8, 4) is 5.69 Å². The summed E-state index contributed by atoms with van der Waals surface area (Å²) in [6.07, 6.45) is 3.94. The van der Waals surface area contributed by atoms with Gasteiger partial charge in [-0.05, 0) is 36.8 Å². The van der Waals surface area contributed by atoms with Crippen LogP contribution in [0.1, 0.15) is 56.5 Å². The van der Waals surface area contributed by atoms with E-state index in [1.54, 1.807) is 0 Å². The summed E-state index contributed by atoms with van der Waals surface area (Å²) in [7, 11) is 0. The average Bonchev–Trinajstić information content (AvgIpc) is 2.97. The molecule has 1 aliphatic rings. The van der Waals surface area contributed by atoms with Crippen LogP contribution in [0.3, 0.4) is 0 Å². The van der Waals surface area contributed by atoms with Crippen LogP contribution in [-0.2, 0) is 16.0 Å². The Morgan fingerprint density at radius 2 is 2.04 bits per heavy atom. The normalized spacial score (nSPS) is 17.9. The number of rotatable bonds is 5. The van der Waals surface area contributed by atoms with Crippen molar-refractivity contribution in [2.45, 2.75) is 53.0 Å². The number of aromatic nitrogens is 2. The van der Waals surface area contributed by atoms with Crippen molar-refractivity contribution in [3.05, 3.63) is 47.3 Å². The number of nitrogens with one attached hydrogen (secondary N) is 2. The van der Waals surface area contributed by atoms with Crippen LogP contribution in [0.15, 0.2) is 30.5 Å². The maximum atomic E-state index is 12.4. The Balaban J connectivity index is 1.84. The van der Waals surface area contributed by atoms with Gasteiger partial charge < -0.3 is 10.6 Å². The third-order valence-corrected chi connectivity index (χ3v) is 5.08. The Morgan fingerprint density at radius 1 is 1.30 bits per heavy atom. The van der Waals surface area contributed by atoms with E-state index < -0.39 is 0 Å². The van der Waals surface area contributed by atoms with Gasteiger partial charge in [0.2, 0.25) is 11.8 Å². The minimum absolute atomic E-state index is 0.0546. The molecule has 3 rings (SSSR count). The molecule has 6 heteroatoms. The van der Waals surface area contributed by atoms with Crippen LogP contribution in [0, 0.1) is 12.3 Å². The van der Waals surface area contributed by atoms with Crippen LogP contribution in [0.4, 0.5) is 0 Å². The van der Waals surface area contributed by atoms with Crippen LogP contribution in [0.5, 0.6) is 0 Å². The van der Waals surface area contributed by atoms with Crippen LogP contribution in [0.2, 0.25) is 0 Å². The van der Waals surface area contributed by atoms with Gasteiger partial charge in [0.15, 0.2) is 0 Å². The van der Waals surface area contributed by atoms with Gasteiger partial charge in [0.1, 0.15) is 0 Å². The lowest BCUT2D eigenvalue weighted by Crippen LogP contribution is -2.38. The maximum absolute atomic E-state index is 12.4. The highest BCUT2D eigenvalue weighted by atomic mass is 16.2. The van der Waals surface area contributed by atoms with Gasteiger partial charge in [-0.3, -0.25) is 9.59 Å². The zero-order valence-corrected chi connectivity index (χ0v) is 16.5. The molecule has 0 fully saturated rings. The standard InChI is InChI=1S/C21H28N4O2/c1-14-7-5-6-8-18(14)25-19-12-21(3,4)11-17(16(19)13-23-25)24-20(27)9-10-22-15(2)26/h5-8,13,17H,9-12H2,1-4H3,(H,22,26)(H,24,27)/t17-/m1/s1. The van der Waals surface area contributed by atoms with E-state index in [2.05, 4.69) is 48.6 Å². The predicted octanol–water partition coefficient (Wildman–Crippen LogP) is 2.84. The molecule has 2 aromatic rings. The number of para-hydroxylation sites is 1. The molecule has 2 amide bonds. The summed E-state index contributed by atoms with van der Waals surface area (Å²) in [6, 6.07) is 8.14. The summed E-state index contributed by atoms with van der Waals surface area (Å²) >= 11 is 0. The molecule has 1 heterocycles. The summed E-state index contributed by atoms with van der Waals surface area (Å²) in [5, 5.41) is 10.5. The molecule has 1 aromatic carbocycles. The molecule has 144 valence electrons. The number of amides is 2. The first kappa shape index (κ1) is 19.1. The zero-order chi connectivity index (χ0) is 19.6. The van der Waals surface area contributed by atoms with E-state index >= 15 is 0 Å². The molecule has 27 heavy (non-hydrogen) atoms. The number of carbonyl (C=O) groups excluding carboxylic acids is 2. The molecular formula is C21H28N4O2. The lowest BCUT2D eigenvalue weighted by molar-refractivity contribution is -0.122. The fourth-order valence-electron chi connectivity index (χ4n) is 3.80. The Morgan fingerprint density at radius 3 is 2.74 bits per heavy atom. The second-order valence-corrected chi connectivity index (χ2v) is 8.14. The number of hydrogen-bond donors (Lipinski definition) is 2. The van der Waals surface area contributed by atoms with Crippen molar-refractivity contribution in [3.63, 3.8) is 0 Å². The molecule has 6 nitrogen and oxygen atoms in total. The molecule has 2 N–H and O–H groups in total. The SMILES string of the molecule is CC(=O)NCCC(=O)N[C@@H]1CC(C)(C)Cc2c1cnn2-c1ccccc1C. The van der Waals surface area contributed by atoms with Crippen molar-refractivity contribution < 1.29 is 9.59 Å². The zero-order valence-electron chi connectivity index (χ0n) is 16.5. The van der Waals surface area contributed by atoms with E-state index in [0.717, 1.165) is 29.8 Å². The molecule has 0 unspecified atom stereocenters.